The van der Waals surface area contributed by atoms with E-state index in [2.05, 4.69) is 24.8 Å². The number of methoxy groups -OCH3 is 1. The van der Waals surface area contributed by atoms with Crippen molar-refractivity contribution in [1.29, 1.82) is 0 Å². The Morgan fingerprint density at radius 1 is 1.13 bits per heavy atom. The zero-order valence-corrected chi connectivity index (χ0v) is 13.8. The van der Waals surface area contributed by atoms with Gasteiger partial charge in [-0.2, -0.15) is 0 Å². The molecule has 23 heavy (non-hydrogen) atoms. The summed E-state index contributed by atoms with van der Waals surface area (Å²) in [5, 5.41) is 0. The average Bonchev–Trinajstić information content (AvgIpc) is 2.60. The fourth-order valence-electron chi connectivity index (χ4n) is 3.20. The van der Waals surface area contributed by atoms with Gasteiger partial charge in [-0.25, -0.2) is 0 Å². The normalized spacial score (nSPS) is 16.9. The number of hydrogen-bond acceptors (Lipinski definition) is 3. The van der Waals surface area contributed by atoms with E-state index in [1.807, 2.05) is 47.4 Å². The molecule has 3 rings (SSSR count). The fourth-order valence-corrected chi connectivity index (χ4v) is 3.20. The van der Waals surface area contributed by atoms with Gasteiger partial charge in [-0.1, -0.05) is 12.1 Å². The zero-order chi connectivity index (χ0) is 16.4. The maximum absolute atomic E-state index is 13.0. The molecule has 4 nitrogen and oxygen atoms in total. The minimum absolute atomic E-state index is 0.0303. The van der Waals surface area contributed by atoms with E-state index in [4.69, 9.17) is 4.74 Å². The Labute approximate surface area is 137 Å². The van der Waals surface area contributed by atoms with Gasteiger partial charge in [0, 0.05) is 24.7 Å². The van der Waals surface area contributed by atoms with Gasteiger partial charge in [-0.15, -0.1) is 0 Å². The van der Waals surface area contributed by atoms with Gasteiger partial charge >= 0.3 is 0 Å². The molecule has 0 radical (unpaired) electrons. The number of benzene rings is 2. The molecule has 4 heteroatoms. The fraction of sp³-hybridized carbons (Fsp3) is 0.316. The van der Waals surface area contributed by atoms with Crippen LogP contribution in [-0.2, 0) is 0 Å². The lowest BCUT2D eigenvalue weighted by Gasteiger charge is -2.42. The molecule has 1 atom stereocenters. The number of carbonyl (C=O) groups excluding carboxylic acids is 1. The van der Waals surface area contributed by atoms with E-state index in [1.54, 1.807) is 7.11 Å². The van der Waals surface area contributed by atoms with Gasteiger partial charge in [0.2, 0.25) is 0 Å². The molecule has 120 valence electrons. The van der Waals surface area contributed by atoms with Crippen molar-refractivity contribution in [3.63, 3.8) is 0 Å². The van der Waals surface area contributed by atoms with E-state index in [-0.39, 0.29) is 11.9 Å². The Bertz CT molecular complexity index is 697. The molecule has 2 aromatic carbocycles. The molecule has 0 fully saturated rings. The van der Waals surface area contributed by atoms with Gasteiger partial charge in [-0.3, -0.25) is 4.79 Å². The predicted octanol–water partition coefficient (Wildman–Crippen LogP) is 3.57. The van der Waals surface area contributed by atoms with E-state index in [1.165, 1.54) is 0 Å². The summed E-state index contributed by atoms with van der Waals surface area (Å²) in [5.41, 5.74) is 2.78. The molecule has 0 bridgehead atoms. The third-order valence-corrected chi connectivity index (χ3v) is 4.38. The molecule has 0 saturated carbocycles. The summed E-state index contributed by atoms with van der Waals surface area (Å²) in [7, 11) is 1.62. The first kappa shape index (κ1) is 15.4. The van der Waals surface area contributed by atoms with Crippen LogP contribution in [0.1, 0.15) is 24.2 Å². The number of likely N-dealkylation sites (N-methyl/N-ethyl adjacent to an activating group) is 1. The lowest BCUT2D eigenvalue weighted by atomic mass is 10.1. The van der Waals surface area contributed by atoms with Crippen LogP contribution in [-0.4, -0.2) is 32.1 Å². The third kappa shape index (κ3) is 2.77. The summed E-state index contributed by atoms with van der Waals surface area (Å²) in [6, 6.07) is 15.7. The molecule has 0 N–H and O–H groups in total. The Kier molecular flexibility index (Phi) is 4.24. The minimum Gasteiger partial charge on any atom is -0.497 e. The van der Waals surface area contributed by atoms with Crippen LogP contribution in [0, 0.1) is 0 Å². The largest absolute Gasteiger partial charge is 0.497 e. The van der Waals surface area contributed by atoms with E-state index in [0.29, 0.717) is 12.1 Å². The van der Waals surface area contributed by atoms with Crippen molar-refractivity contribution in [3.05, 3.63) is 54.1 Å². The molecule has 0 aliphatic carbocycles. The Hall–Kier alpha value is -2.49. The van der Waals surface area contributed by atoms with Gasteiger partial charge in [0.05, 0.1) is 18.5 Å². The first-order chi connectivity index (χ1) is 11.2. The number of amides is 1. The van der Waals surface area contributed by atoms with Crippen LogP contribution in [0.15, 0.2) is 48.5 Å². The average molecular weight is 310 g/mol. The molecule has 1 unspecified atom stereocenters. The SMILES string of the molecule is CCN1c2ccccc2N(C(=O)c2ccc(OC)cc2)CC1C. The molecular formula is C19H22N2O2. The number of ether oxygens (including phenoxy) is 1. The molecule has 0 aromatic heterocycles. The molecule has 0 spiro atoms. The van der Waals surface area contributed by atoms with Gasteiger partial charge < -0.3 is 14.5 Å². The van der Waals surface area contributed by atoms with Gasteiger partial charge in [0.15, 0.2) is 0 Å². The number of para-hydroxylation sites is 2. The number of anilines is 2. The summed E-state index contributed by atoms with van der Waals surface area (Å²) in [4.78, 5) is 17.2. The van der Waals surface area contributed by atoms with E-state index < -0.39 is 0 Å². The van der Waals surface area contributed by atoms with Crippen LogP contribution in [0.4, 0.5) is 11.4 Å². The summed E-state index contributed by atoms with van der Waals surface area (Å²) in [6.45, 7) is 5.93. The topological polar surface area (TPSA) is 32.8 Å². The number of rotatable bonds is 3. The van der Waals surface area contributed by atoms with Crippen LogP contribution >= 0.6 is 0 Å². The molecular weight excluding hydrogens is 288 g/mol. The second-order valence-electron chi connectivity index (χ2n) is 5.77. The first-order valence-electron chi connectivity index (χ1n) is 7.97. The molecule has 1 heterocycles. The number of carbonyl (C=O) groups is 1. The quantitative estimate of drug-likeness (QED) is 0.869. The highest BCUT2D eigenvalue weighted by Gasteiger charge is 2.30. The number of hydrogen-bond donors (Lipinski definition) is 0. The summed E-state index contributed by atoms with van der Waals surface area (Å²) in [5.74, 6) is 0.786. The van der Waals surface area contributed by atoms with Crippen LogP contribution in [0.25, 0.3) is 0 Å². The van der Waals surface area contributed by atoms with Gasteiger partial charge in [0.25, 0.3) is 5.91 Å². The maximum atomic E-state index is 13.0. The molecule has 1 aliphatic heterocycles. The Morgan fingerprint density at radius 2 is 1.78 bits per heavy atom. The van der Waals surface area contributed by atoms with Crippen molar-refractivity contribution in [2.75, 3.05) is 30.0 Å². The van der Waals surface area contributed by atoms with E-state index >= 15 is 0 Å². The Balaban J connectivity index is 1.97. The standard InChI is InChI=1S/C19H22N2O2/c1-4-20-14(2)13-21(18-8-6-5-7-17(18)20)19(22)15-9-11-16(23-3)12-10-15/h5-12,14H,4,13H2,1-3H3. The second-order valence-corrected chi connectivity index (χ2v) is 5.77. The van der Waals surface area contributed by atoms with E-state index in [0.717, 1.165) is 23.7 Å². The first-order valence-corrected chi connectivity index (χ1v) is 7.97. The second kappa shape index (κ2) is 6.32. The molecule has 1 amide bonds. The van der Waals surface area contributed by atoms with Crippen molar-refractivity contribution in [2.24, 2.45) is 0 Å². The summed E-state index contributed by atoms with van der Waals surface area (Å²) < 4.78 is 5.16. The summed E-state index contributed by atoms with van der Waals surface area (Å²) in [6.07, 6.45) is 0. The van der Waals surface area contributed by atoms with E-state index in [9.17, 15) is 4.79 Å². The van der Waals surface area contributed by atoms with Crippen LogP contribution < -0.4 is 14.5 Å². The van der Waals surface area contributed by atoms with Crippen molar-refractivity contribution in [1.82, 2.24) is 0 Å². The van der Waals surface area contributed by atoms with Gasteiger partial charge in [-0.05, 0) is 50.2 Å². The monoisotopic (exact) mass is 310 g/mol. The number of nitrogens with zero attached hydrogens (tertiary/aromatic N) is 2. The predicted molar refractivity (Wildman–Crippen MR) is 93.6 cm³/mol. The lowest BCUT2D eigenvalue weighted by molar-refractivity contribution is 0.0984. The van der Waals surface area contributed by atoms with Crippen molar-refractivity contribution >= 4 is 17.3 Å². The lowest BCUT2D eigenvalue weighted by Crippen LogP contribution is -2.49. The molecule has 1 aliphatic rings. The number of fused-ring (bicyclic) bond motifs is 1. The van der Waals surface area contributed by atoms with Crippen molar-refractivity contribution in [2.45, 2.75) is 19.9 Å². The van der Waals surface area contributed by atoms with Crippen LogP contribution in [0.2, 0.25) is 0 Å². The van der Waals surface area contributed by atoms with Crippen LogP contribution in [0.5, 0.6) is 5.75 Å². The smallest absolute Gasteiger partial charge is 0.258 e. The van der Waals surface area contributed by atoms with Crippen LogP contribution in [0.3, 0.4) is 0 Å². The maximum Gasteiger partial charge on any atom is 0.258 e. The van der Waals surface area contributed by atoms with Crippen molar-refractivity contribution in [3.8, 4) is 5.75 Å². The van der Waals surface area contributed by atoms with Crippen molar-refractivity contribution < 1.29 is 9.53 Å². The molecule has 2 aromatic rings. The minimum atomic E-state index is 0.0303. The highest BCUT2D eigenvalue weighted by molar-refractivity contribution is 6.08. The third-order valence-electron chi connectivity index (χ3n) is 4.38. The Morgan fingerprint density at radius 3 is 2.39 bits per heavy atom. The van der Waals surface area contributed by atoms with Gasteiger partial charge in [0.1, 0.15) is 5.75 Å². The molecule has 0 saturated heterocycles. The highest BCUT2D eigenvalue weighted by atomic mass is 16.5. The summed E-state index contributed by atoms with van der Waals surface area (Å²) >= 11 is 0. The zero-order valence-electron chi connectivity index (χ0n) is 13.8. The highest BCUT2D eigenvalue weighted by Crippen LogP contribution is 2.35.